The third-order valence-corrected chi connectivity index (χ3v) is 4.60. The smallest absolute Gasteiger partial charge is 0.267 e. The maximum atomic E-state index is 13.1. The molecule has 8 nitrogen and oxygen atoms in total. The van der Waals surface area contributed by atoms with Gasteiger partial charge >= 0.3 is 0 Å². The van der Waals surface area contributed by atoms with Crippen LogP contribution in [0.1, 0.15) is 12.0 Å². The Hall–Kier alpha value is -3.82. The van der Waals surface area contributed by atoms with E-state index in [-0.39, 0.29) is 43.4 Å². The zero-order valence-corrected chi connectivity index (χ0v) is 16.5. The summed E-state index contributed by atoms with van der Waals surface area (Å²) in [7, 11) is 0. The van der Waals surface area contributed by atoms with E-state index in [1.165, 1.54) is 53.5 Å². The summed E-state index contributed by atoms with van der Waals surface area (Å²) in [6.07, 6.45) is 0.101. The number of primary amides is 1. The van der Waals surface area contributed by atoms with Gasteiger partial charge in [-0.05, 0) is 42.0 Å². The van der Waals surface area contributed by atoms with E-state index in [0.29, 0.717) is 11.3 Å². The monoisotopic (exact) mass is 429 g/mol. The van der Waals surface area contributed by atoms with Gasteiger partial charge in [-0.1, -0.05) is 12.1 Å². The van der Waals surface area contributed by atoms with Crippen molar-refractivity contribution in [3.63, 3.8) is 0 Å². The van der Waals surface area contributed by atoms with Crippen LogP contribution in [0.25, 0.3) is 0 Å². The zero-order valence-electron chi connectivity index (χ0n) is 16.5. The first-order valence-electron chi connectivity index (χ1n) is 9.54. The first-order valence-corrected chi connectivity index (χ1v) is 9.54. The van der Waals surface area contributed by atoms with Gasteiger partial charge in [0.1, 0.15) is 23.4 Å². The average Bonchev–Trinajstić information content (AvgIpc) is 3.19. The molecule has 0 spiro atoms. The lowest BCUT2D eigenvalue weighted by Gasteiger charge is -2.20. The van der Waals surface area contributed by atoms with Gasteiger partial charge in [-0.25, -0.2) is 8.78 Å². The molecule has 0 fully saturated rings. The Morgan fingerprint density at radius 1 is 0.968 bits per heavy atom. The molecule has 31 heavy (non-hydrogen) atoms. The van der Waals surface area contributed by atoms with Crippen molar-refractivity contribution in [2.45, 2.75) is 18.9 Å². The van der Waals surface area contributed by atoms with Crippen molar-refractivity contribution < 1.29 is 23.2 Å². The van der Waals surface area contributed by atoms with Gasteiger partial charge in [-0.2, -0.15) is 5.10 Å². The summed E-state index contributed by atoms with van der Waals surface area (Å²) in [5.41, 5.74) is 6.62. The lowest BCUT2D eigenvalue weighted by Crippen LogP contribution is -2.40. The molecule has 0 saturated carbocycles. The fraction of sp³-hybridized carbons (Fsp3) is 0.238. The molecule has 3 rings (SSSR count). The number of carbonyl (C=O) groups excluding carboxylic acids is 3. The summed E-state index contributed by atoms with van der Waals surface area (Å²) in [5.74, 6) is -2.25. The highest BCUT2D eigenvalue weighted by Gasteiger charge is 2.34. The number of nitrogens with one attached hydrogen (secondary N) is 2. The van der Waals surface area contributed by atoms with Crippen LogP contribution in [-0.2, 0) is 20.8 Å². The molecule has 0 bridgehead atoms. The van der Waals surface area contributed by atoms with Crippen LogP contribution in [0.3, 0.4) is 0 Å². The van der Waals surface area contributed by atoms with Crippen molar-refractivity contribution in [2.24, 2.45) is 10.8 Å². The average molecular weight is 429 g/mol. The predicted octanol–water partition coefficient (Wildman–Crippen LogP) is 0.860. The summed E-state index contributed by atoms with van der Waals surface area (Å²) in [4.78, 5) is 36.1. The van der Waals surface area contributed by atoms with Crippen LogP contribution in [0.15, 0.2) is 53.6 Å². The second kappa shape index (κ2) is 9.79. The van der Waals surface area contributed by atoms with E-state index in [0.717, 1.165) is 0 Å². The molecular weight excluding hydrogens is 408 g/mol. The highest BCUT2D eigenvalue weighted by molar-refractivity contribution is 6.40. The number of nitrogens with zero attached hydrogens (tertiary/aromatic N) is 2. The van der Waals surface area contributed by atoms with Crippen molar-refractivity contribution in [3.05, 3.63) is 65.7 Å². The van der Waals surface area contributed by atoms with E-state index in [1.54, 1.807) is 0 Å². The van der Waals surface area contributed by atoms with Crippen molar-refractivity contribution >= 4 is 29.1 Å². The van der Waals surface area contributed by atoms with Gasteiger partial charge in [0.15, 0.2) is 0 Å². The van der Waals surface area contributed by atoms with Gasteiger partial charge in [0, 0.05) is 19.5 Å². The molecule has 10 heteroatoms. The molecule has 162 valence electrons. The third kappa shape index (κ3) is 5.84. The third-order valence-electron chi connectivity index (χ3n) is 4.60. The highest BCUT2D eigenvalue weighted by Crippen LogP contribution is 2.24. The van der Waals surface area contributed by atoms with Gasteiger partial charge in [-0.3, -0.25) is 19.4 Å². The van der Waals surface area contributed by atoms with E-state index in [9.17, 15) is 23.2 Å². The first kappa shape index (κ1) is 21.9. The number of hydrogen-bond acceptors (Lipinski definition) is 5. The Morgan fingerprint density at radius 2 is 1.55 bits per heavy atom. The predicted molar refractivity (Wildman–Crippen MR) is 110 cm³/mol. The molecule has 0 radical (unpaired) electrons. The zero-order chi connectivity index (χ0) is 22.4. The molecule has 0 aromatic heterocycles. The second-order valence-electron chi connectivity index (χ2n) is 6.90. The van der Waals surface area contributed by atoms with Crippen molar-refractivity contribution in [1.29, 1.82) is 0 Å². The molecule has 1 heterocycles. The van der Waals surface area contributed by atoms with Gasteiger partial charge in [0.25, 0.3) is 5.91 Å². The van der Waals surface area contributed by atoms with Crippen molar-refractivity contribution in [3.8, 4) is 0 Å². The van der Waals surface area contributed by atoms with Crippen LogP contribution in [0.2, 0.25) is 0 Å². The van der Waals surface area contributed by atoms with Crippen LogP contribution in [0.4, 0.5) is 14.5 Å². The van der Waals surface area contributed by atoms with Gasteiger partial charge < -0.3 is 16.4 Å². The summed E-state index contributed by atoms with van der Waals surface area (Å²) >= 11 is 0. The van der Waals surface area contributed by atoms with E-state index in [2.05, 4.69) is 15.7 Å². The Labute approximate surface area is 177 Å². The topological polar surface area (TPSA) is 117 Å². The number of hydrazone groups is 1. The van der Waals surface area contributed by atoms with Crippen molar-refractivity contribution in [2.75, 3.05) is 18.1 Å². The molecule has 2 aromatic carbocycles. The molecule has 0 aliphatic carbocycles. The quantitative estimate of drug-likeness (QED) is 0.540. The van der Waals surface area contributed by atoms with Gasteiger partial charge in [0.2, 0.25) is 11.8 Å². The van der Waals surface area contributed by atoms with Gasteiger partial charge in [-0.15, -0.1) is 0 Å². The number of amides is 3. The molecule has 0 saturated heterocycles. The summed E-state index contributed by atoms with van der Waals surface area (Å²) in [6.45, 7) is 0.324. The molecule has 1 aliphatic heterocycles. The summed E-state index contributed by atoms with van der Waals surface area (Å²) in [6, 6.07) is 10.1. The minimum atomic E-state index is -0.860. The lowest BCUT2D eigenvalue weighted by molar-refractivity contribution is -0.121. The summed E-state index contributed by atoms with van der Waals surface area (Å²) in [5, 5.41) is 10.7. The molecule has 1 unspecified atom stereocenters. The SMILES string of the molecule is NC(=O)C1CC(C(=O)NCCNC(=O)Cc2ccc(F)cc2)=NN1c1ccc(F)cc1. The van der Waals surface area contributed by atoms with E-state index < -0.39 is 23.7 Å². The van der Waals surface area contributed by atoms with Crippen LogP contribution >= 0.6 is 0 Å². The molecule has 3 amide bonds. The Bertz CT molecular complexity index is 993. The number of carbonyl (C=O) groups is 3. The van der Waals surface area contributed by atoms with Crippen LogP contribution in [-0.4, -0.2) is 42.6 Å². The number of halogens is 2. The van der Waals surface area contributed by atoms with Crippen LogP contribution in [0, 0.1) is 11.6 Å². The number of nitrogens with two attached hydrogens (primary N) is 1. The van der Waals surface area contributed by atoms with Crippen LogP contribution in [0.5, 0.6) is 0 Å². The molecular formula is C21H21F2N5O3. The minimum absolute atomic E-state index is 0.00939. The maximum absolute atomic E-state index is 13.1. The Balaban J connectivity index is 1.49. The van der Waals surface area contributed by atoms with Crippen molar-refractivity contribution in [1.82, 2.24) is 10.6 Å². The fourth-order valence-corrected chi connectivity index (χ4v) is 3.03. The maximum Gasteiger partial charge on any atom is 0.267 e. The number of anilines is 1. The van der Waals surface area contributed by atoms with E-state index in [4.69, 9.17) is 5.73 Å². The summed E-state index contributed by atoms with van der Waals surface area (Å²) < 4.78 is 26.0. The molecule has 2 aromatic rings. The largest absolute Gasteiger partial charge is 0.368 e. The number of rotatable bonds is 8. The minimum Gasteiger partial charge on any atom is -0.368 e. The molecule has 4 N–H and O–H groups in total. The first-order chi connectivity index (χ1) is 14.8. The number of hydrogen-bond donors (Lipinski definition) is 3. The normalized spacial score (nSPS) is 15.4. The van der Waals surface area contributed by atoms with E-state index in [1.807, 2.05) is 0 Å². The Morgan fingerprint density at radius 3 is 2.16 bits per heavy atom. The molecule has 1 atom stereocenters. The van der Waals surface area contributed by atoms with Crippen LogP contribution < -0.4 is 21.4 Å². The number of benzene rings is 2. The molecule has 1 aliphatic rings. The van der Waals surface area contributed by atoms with E-state index >= 15 is 0 Å². The second-order valence-corrected chi connectivity index (χ2v) is 6.90. The Kier molecular flexibility index (Phi) is 6.91. The van der Waals surface area contributed by atoms with Gasteiger partial charge in [0.05, 0.1) is 12.1 Å². The fourth-order valence-electron chi connectivity index (χ4n) is 3.03. The highest BCUT2D eigenvalue weighted by atomic mass is 19.1. The standard InChI is InChI=1S/C21H21F2N5O3/c22-14-3-1-13(2-4-14)11-19(29)25-9-10-26-21(31)17-12-18(20(24)30)28(27-17)16-7-5-15(23)6-8-16/h1-8,18H,9-12H2,(H2,24,30)(H,25,29)(H,26,31). The lowest BCUT2D eigenvalue weighted by atomic mass is 10.1.